The largest absolute Gasteiger partial charge is 0.341 e. The molecule has 26 heavy (non-hydrogen) atoms. The predicted octanol–water partition coefficient (Wildman–Crippen LogP) is 3.82. The summed E-state index contributed by atoms with van der Waals surface area (Å²) in [5.74, 6) is -0.376. The van der Waals surface area contributed by atoms with Crippen molar-refractivity contribution < 1.29 is 9.72 Å². The number of aryl methyl sites for hydroxylation is 1. The molecule has 0 saturated heterocycles. The predicted molar refractivity (Wildman–Crippen MR) is 97.8 cm³/mol. The molecular formula is C20H17N3O3. The number of carbonyl (C=O) groups is 1. The Hall–Kier alpha value is -3.54. The third-order valence-electron chi connectivity index (χ3n) is 4.12. The van der Waals surface area contributed by atoms with Gasteiger partial charge in [-0.15, -0.1) is 0 Å². The summed E-state index contributed by atoms with van der Waals surface area (Å²) in [5, 5.41) is 14.1. The Kier molecular flexibility index (Phi) is 5.03. The summed E-state index contributed by atoms with van der Waals surface area (Å²) in [6.45, 7) is 1.64. The molecular weight excluding hydrogens is 330 g/mol. The molecule has 0 saturated carbocycles. The fourth-order valence-corrected chi connectivity index (χ4v) is 2.72. The van der Waals surface area contributed by atoms with Crippen molar-refractivity contribution in [2.75, 3.05) is 0 Å². The molecule has 1 N–H and O–H groups in total. The second-order valence-electron chi connectivity index (χ2n) is 5.86. The fraction of sp³-hybridized carbons (Fsp3) is 0.100. The van der Waals surface area contributed by atoms with Crippen molar-refractivity contribution in [1.82, 2.24) is 10.3 Å². The molecule has 0 aliphatic heterocycles. The number of nitrogens with one attached hydrogen (secondary N) is 1. The van der Waals surface area contributed by atoms with Gasteiger partial charge in [0.1, 0.15) is 0 Å². The molecule has 0 aliphatic rings. The fourth-order valence-electron chi connectivity index (χ4n) is 2.72. The van der Waals surface area contributed by atoms with Crippen molar-refractivity contribution in [3.05, 3.63) is 105 Å². The molecule has 0 spiro atoms. The Labute approximate surface area is 150 Å². The standard InChI is InChI=1S/C20H17N3O3/c1-14-7-8-17(13-18(14)23(25)26)20(24)22-19(15-5-3-2-4-6-15)16-9-11-21-12-10-16/h2-13,19H,1H3,(H,22,24). The van der Waals surface area contributed by atoms with Gasteiger partial charge in [-0.2, -0.15) is 0 Å². The van der Waals surface area contributed by atoms with E-state index in [9.17, 15) is 14.9 Å². The van der Waals surface area contributed by atoms with Crippen molar-refractivity contribution in [2.24, 2.45) is 0 Å². The van der Waals surface area contributed by atoms with Crippen molar-refractivity contribution in [1.29, 1.82) is 0 Å². The zero-order valence-electron chi connectivity index (χ0n) is 14.1. The first-order chi connectivity index (χ1) is 12.6. The van der Waals surface area contributed by atoms with E-state index in [1.165, 1.54) is 6.07 Å². The van der Waals surface area contributed by atoms with E-state index in [-0.39, 0.29) is 23.2 Å². The molecule has 130 valence electrons. The van der Waals surface area contributed by atoms with Gasteiger partial charge in [-0.1, -0.05) is 36.4 Å². The van der Waals surface area contributed by atoms with Crippen LogP contribution in [0.2, 0.25) is 0 Å². The van der Waals surface area contributed by atoms with Crippen LogP contribution in [-0.2, 0) is 0 Å². The third-order valence-corrected chi connectivity index (χ3v) is 4.12. The SMILES string of the molecule is Cc1ccc(C(=O)NC(c2ccccc2)c2ccncc2)cc1[N+](=O)[O-]. The minimum Gasteiger partial charge on any atom is -0.341 e. The number of amides is 1. The summed E-state index contributed by atoms with van der Waals surface area (Å²) in [4.78, 5) is 27.4. The number of nitro groups is 1. The normalized spacial score (nSPS) is 11.6. The molecule has 3 aromatic rings. The van der Waals surface area contributed by atoms with Crippen LogP contribution in [0, 0.1) is 17.0 Å². The van der Waals surface area contributed by atoms with Crippen molar-refractivity contribution in [3.8, 4) is 0 Å². The van der Waals surface area contributed by atoms with Crippen molar-refractivity contribution in [2.45, 2.75) is 13.0 Å². The highest BCUT2D eigenvalue weighted by atomic mass is 16.6. The van der Waals surface area contributed by atoms with Gasteiger partial charge in [0.25, 0.3) is 11.6 Å². The Bertz CT molecular complexity index is 888. The van der Waals surface area contributed by atoms with Gasteiger partial charge in [0.15, 0.2) is 0 Å². The molecule has 1 heterocycles. The lowest BCUT2D eigenvalue weighted by molar-refractivity contribution is -0.385. The average Bonchev–Trinajstić information content (AvgIpc) is 2.67. The van der Waals surface area contributed by atoms with Crippen LogP contribution >= 0.6 is 0 Å². The maximum Gasteiger partial charge on any atom is 0.273 e. The van der Waals surface area contributed by atoms with E-state index in [1.54, 1.807) is 31.5 Å². The molecule has 1 atom stereocenters. The summed E-state index contributed by atoms with van der Waals surface area (Å²) in [5.41, 5.74) is 2.48. The molecule has 3 rings (SSSR count). The molecule has 2 aromatic carbocycles. The Morgan fingerprint density at radius 3 is 2.35 bits per heavy atom. The molecule has 0 aliphatic carbocycles. The Balaban J connectivity index is 1.94. The van der Waals surface area contributed by atoms with E-state index in [0.717, 1.165) is 11.1 Å². The Morgan fingerprint density at radius 2 is 1.69 bits per heavy atom. The first-order valence-electron chi connectivity index (χ1n) is 8.07. The number of hydrogen-bond acceptors (Lipinski definition) is 4. The quantitative estimate of drug-likeness (QED) is 0.562. The third kappa shape index (κ3) is 3.75. The van der Waals surface area contributed by atoms with Gasteiger partial charge >= 0.3 is 0 Å². The number of benzene rings is 2. The van der Waals surface area contributed by atoms with Gasteiger partial charge in [-0.05, 0) is 36.2 Å². The highest BCUT2D eigenvalue weighted by molar-refractivity contribution is 5.95. The lowest BCUT2D eigenvalue weighted by Gasteiger charge is -2.20. The number of hydrogen-bond donors (Lipinski definition) is 1. The van der Waals surface area contributed by atoms with Crippen LogP contribution in [0.3, 0.4) is 0 Å². The van der Waals surface area contributed by atoms with Crippen LogP contribution < -0.4 is 5.32 Å². The first-order valence-corrected chi connectivity index (χ1v) is 8.07. The summed E-state index contributed by atoms with van der Waals surface area (Å²) in [7, 11) is 0. The molecule has 0 radical (unpaired) electrons. The van der Waals surface area contributed by atoms with E-state index >= 15 is 0 Å². The van der Waals surface area contributed by atoms with Gasteiger partial charge in [0.05, 0.1) is 11.0 Å². The molecule has 1 aromatic heterocycles. The second kappa shape index (κ2) is 7.57. The summed E-state index contributed by atoms with van der Waals surface area (Å²) in [6.07, 6.45) is 3.32. The summed E-state index contributed by atoms with van der Waals surface area (Å²) < 4.78 is 0. The zero-order valence-corrected chi connectivity index (χ0v) is 14.1. The molecule has 6 heteroatoms. The number of aromatic nitrogens is 1. The van der Waals surface area contributed by atoms with E-state index in [2.05, 4.69) is 10.3 Å². The molecule has 1 amide bonds. The van der Waals surface area contributed by atoms with Crippen molar-refractivity contribution in [3.63, 3.8) is 0 Å². The monoisotopic (exact) mass is 347 g/mol. The zero-order chi connectivity index (χ0) is 18.5. The van der Waals surface area contributed by atoms with Crippen LogP contribution in [0.4, 0.5) is 5.69 Å². The van der Waals surface area contributed by atoms with Gasteiger partial charge in [0, 0.05) is 29.6 Å². The highest BCUT2D eigenvalue weighted by Crippen LogP contribution is 2.23. The van der Waals surface area contributed by atoms with Crippen LogP contribution in [0.5, 0.6) is 0 Å². The van der Waals surface area contributed by atoms with Crippen LogP contribution in [-0.4, -0.2) is 15.8 Å². The number of pyridine rings is 1. The van der Waals surface area contributed by atoms with Crippen LogP contribution in [0.25, 0.3) is 0 Å². The molecule has 0 bridgehead atoms. The van der Waals surface area contributed by atoms with Crippen LogP contribution in [0.15, 0.2) is 73.1 Å². The van der Waals surface area contributed by atoms with Crippen LogP contribution in [0.1, 0.15) is 33.1 Å². The number of carbonyl (C=O) groups excluding carboxylic acids is 1. The molecule has 0 fully saturated rings. The van der Waals surface area contributed by atoms with E-state index in [4.69, 9.17) is 0 Å². The smallest absolute Gasteiger partial charge is 0.273 e. The molecule has 1 unspecified atom stereocenters. The summed E-state index contributed by atoms with van der Waals surface area (Å²) in [6, 6.07) is 17.3. The minimum atomic E-state index is -0.482. The number of nitrogens with zero attached hydrogens (tertiary/aromatic N) is 2. The van der Waals surface area contributed by atoms with Gasteiger partial charge < -0.3 is 5.32 Å². The second-order valence-corrected chi connectivity index (χ2v) is 5.86. The highest BCUT2D eigenvalue weighted by Gasteiger charge is 2.20. The lowest BCUT2D eigenvalue weighted by Crippen LogP contribution is -2.29. The number of rotatable bonds is 5. The van der Waals surface area contributed by atoms with E-state index in [1.807, 2.05) is 42.5 Å². The molecule has 6 nitrogen and oxygen atoms in total. The first kappa shape index (κ1) is 17.3. The van der Waals surface area contributed by atoms with Crippen molar-refractivity contribution >= 4 is 11.6 Å². The lowest BCUT2D eigenvalue weighted by atomic mass is 9.99. The van der Waals surface area contributed by atoms with Gasteiger partial charge in [-0.3, -0.25) is 19.9 Å². The average molecular weight is 347 g/mol. The minimum absolute atomic E-state index is 0.0715. The maximum atomic E-state index is 12.7. The number of nitro benzene ring substituents is 1. The van der Waals surface area contributed by atoms with Gasteiger partial charge in [-0.25, -0.2) is 0 Å². The Morgan fingerprint density at radius 1 is 1.04 bits per heavy atom. The maximum absolute atomic E-state index is 12.7. The van der Waals surface area contributed by atoms with E-state index < -0.39 is 4.92 Å². The van der Waals surface area contributed by atoms with E-state index in [0.29, 0.717) is 5.56 Å². The van der Waals surface area contributed by atoms with Gasteiger partial charge in [0.2, 0.25) is 0 Å². The topological polar surface area (TPSA) is 85.1 Å². The summed E-state index contributed by atoms with van der Waals surface area (Å²) >= 11 is 0.